The Morgan fingerprint density at radius 1 is 1.21 bits per heavy atom. The van der Waals surface area contributed by atoms with E-state index in [2.05, 4.69) is 47.7 Å². The van der Waals surface area contributed by atoms with Crippen LogP contribution in [0.4, 0.5) is 0 Å². The molecule has 0 aliphatic heterocycles. The molecule has 0 saturated heterocycles. The van der Waals surface area contributed by atoms with Crippen molar-refractivity contribution in [2.45, 2.75) is 45.6 Å². The Morgan fingerprint density at radius 3 is 2.79 bits per heavy atom. The van der Waals surface area contributed by atoms with Gasteiger partial charge in [-0.2, -0.15) is 0 Å². The summed E-state index contributed by atoms with van der Waals surface area (Å²) in [5.74, 6) is 0. The SMILES string of the molecule is CCC1(CNCc2c[nH]c3ccccc23)CCCC1. The first-order valence-electron chi connectivity index (χ1n) is 7.59. The van der Waals surface area contributed by atoms with Gasteiger partial charge in [-0.3, -0.25) is 0 Å². The van der Waals surface area contributed by atoms with Crippen molar-refractivity contribution in [2.75, 3.05) is 6.54 Å². The van der Waals surface area contributed by atoms with Crippen molar-refractivity contribution < 1.29 is 0 Å². The van der Waals surface area contributed by atoms with E-state index < -0.39 is 0 Å². The molecular formula is C17H24N2. The van der Waals surface area contributed by atoms with Gasteiger partial charge in [0.15, 0.2) is 0 Å². The van der Waals surface area contributed by atoms with Crippen LogP contribution in [-0.4, -0.2) is 11.5 Å². The molecular weight excluding hydrogens is 232 g/mol. The van der Waals surface area contributed by atoms with Crippen molar-refractivity contribution in [3.05, 3.63) is 36.0 Å². The summed E-state index contributed by atoms with van der Waals surface area (Å²) < 4.78 is 0. The van der Waals surface area contributed by atoms with Crippen LogP contribution in [0.25, 0.3) is 10.9 Å². The van der Waals surface area contributed by atoms with Crippen LogP contribution >= 0.6 is 0 Å². The molecule has 2 N–H and O–H groups in total. The topological polar surface area (TPSA) is 27.8 Å². The summed E-state index contributed by atoms with van der Waals surface area (Å²) in [5.41, 5.74) is 3.21. The number of fused-ring (bicyclic) bond motifs is 1. The van der Waals surface area contributed by atoms with Crippen LogP contribution in [0, 0.1) is 5.41 Å². The van der Waals surface area contributed by atoms with Gasteiger partial charge in [-0.1, -0.05) is 38.0 Å². The molecule has 2 heteroatoms. The fraction of sp³-hybridized carbons (Fsp3) is 0.529. The fourth-order valence-electron chi connectivity index (χ4n) is 3.52. The number of hydrogen-bond donors (Lipinski definition) is 2. The van der Waals surface area contributed by atoms with Gasteiger partial charge in [-0.05, 0) is 36.3 Å². The number of aromatic nitrogens is 1. The minimum absolute atomic E-state index is 0.576. The first-order chi connectivity index (χ1) is 9.33. The monoisotopic (exact) mass is 256 g/mol. The van der Waals surface area contributed by atoms with E-state index in [1.165, 1.54) is 55.1 Å². The Balaban J connectivity index is 1.63. The third-order valence-corrected chi connectivity index (χ3v) is 4.90. The number of rotatable bonds is 5. The van der Waals surface area contributed by atoms with Crippen molar-refractivity contribution in [2.24, 2.45) is 5.41 Å². The number of aromatic amines is 1. The number of nitrogens with one attached hydrogen (secondary N) is 2. The second kappa shape index (κ2) is 5.38. The van der Waals surface area contributed by atoms with Crippen molar-refractivity contribution in [3.8, 4) is 0 Å². The van der Waals surface area contributed by atoms with Crippen LogP contribution in [0.3, 0.4) is 0 Å². The number of benzene rings is 1. The molecule has 1 aliphatic carbocycles. The van der Waals surface area contributed by atoms with Gasteiger partial charge in [0.2, 0.25) is 0 Å². The Labute approximate surface area is 115 Å². The summed E-state index contributed by atoms with van der Waals surface area (Å²) in [6, 6.07) is 8.54. The summed E-state index contributed by atoms with van der Waals surface area (Å²) in [4.78, 5) is 3.35. The zero-order valence-corrected chi connectivity index (χ0v) is 11.8. The number of H-pyrrole nitrogens is 1. The molecule has 0 atom stereocenters. The highest BCUT2D eigenvalue weighted by Crippen LogP contribution is 2.40. The predicted molar refractivity (Wildman–Crippen MR) is 81.2 cm³/mol. The number of para-hydroxylation sites is 1. The van der Waals surface area contributed by atoms with Gasteiger partial charge < -0.3 is 10.3 Å². The maximum Gasteiger partial charge on any atom is 0.0457 e. The van der Waals surface area contributed by atoms with Crippen LogP contribution < -0.4 is 5.32 Å². The molecule has 1 saturated carbocycles. The van der Waals surface area contributed by atoms with Crippen LogP contribution in [0.1, 0.15) is 44.6 Å². The van der Waals surface area contributed by atoms with E-state index in [0.29, 0.717) is 5.41 Å². The normalized spacial score (nSPS) is 18.2. The molecule has 2 aromatic rings. The van der Waals surface area contributed by atoms with E-state index >= 15 is 0 Å². The molecule has 1 aromatic carbocycles. The molecule has 0 amide bonds. The zero-order chi connectivity index (χ0) is 13.1. The Kier molecular flexibility index (Phi) is 3.61. The van der Waals surface area contributed by atoms with Gasteiger partial charge in [0, 0.05) is 30.2 Å². The van der Waals surface area contributed by atoms with Crippen molar-refractivity contribution in [3.63, 3.8) is 0 Å². The van der Waals surface area contributed by atoms with E-state index in [1.54, 1.807) is 0 Å². The van der Waals surface area contributed by atoms with Crippen molar-refractivity contribution in [1.82, 2.24) is 10.3 Å². The fourth-order valence-corrected chi connectivity index (χ4v) is 3.52. The van der Waals surface area contributed by atoms with Crippen LogP contribution in [0.2, 0.25) is 0 Å². The van der Waals surface area contributed by atoms with Gasteiger partial charge in [-0.15, -0.1) is 0 Å². The Bertz CT molecular complexity index is 535. The minimum Gasteiger partial charge on any atom is -0.361 e. The molecule has 0 radical (unpaired) electrons. The first kappa shape index (κ1) is 12.7. The molecule has 1 heterocycles. The van der Waals surface area contributed by atoms with E-state index in [1.807, 2.05) is 0 Å². The van der Waals surface area contributed by atoms with E-state index in [-0.39, 0.29) is 0 Å². The predicted octanol–water partition coefficient (Wildman–Crippen LogP) is 4.23. The minimum atomic E-state index is 0.576. The van der Waals surface area contributed by atoms with E-state index in [4.69, 9.17) is 0 Å². The zero-order valence-electron chi connectivity index (χ0n) is 11.8. The third kappa shape index (κ3) is 2.55. The lowest BCUT2D eigenvalue weighted by Gasteiger charge is -2.27. The molecule has 0 unspecified atom stereocenters. The first-order valence-corrected chi connectivity index (χ1v) is 7.59. The maximum atomic E-state index is 3.69. The summed E-state index contributed by atoms with van der Waals surface area (Å²) >= 11 is 0. The second-order valence-electron chi connectivity index (χ2n) is 6.02. The molecule has 3 rings (SSSR count). The van der Waals surface area contributed by atoms with Crippen LogP contribution in [0.5, 0.6) is 0 Å². The van der Waals surface area contributed by atoms with Crippen molar-refractivity contribution in [1.29, 1.82) is 0 Å². The summed E-state index contributed by atoms with van der Waals surface area (Å²) in [6.45, 7) is 4.49. The molecule has 1 fully saturated rings. The summed E-state index contributed by atoms with van der Waals surface area (Å²) in [7, 11) is 0. The smallest absolute Gasteiger partial charge is 0.0457 e. The standard InChI is InChI=1S/C17H24N2/c1-2-17(9-5-6-10-17)13-18-11-14-12-19-16-8-4-3-7-15(14)16/h3-4,7-8,12,18-19H,2,5-6,9-11,13H2,1H3. The lowest BCUT2D eigenvalue weighted by Crippen LogP contribution is -2.31. The van der Waals surface area contributed by atoms with Gasteiger partial charge in [0.1, 0.15) is 0 Å². The largest absolute Gasteiger partial charge is 0.361 e. The molecule has 1 aliphatic rings. The highest BCUT2D eigenvalue weighted by Gasteiger charge is 2.31. The Morgan fingerprint density at radius 2 is 2.00 bits per heavy atom. The average molecular weight is 256 g/mol. The molecule has 2 nitrogen and oxygen atoms in total. The Hall–Kier alpha value is -1.28. The quantitative estimate of drug-likeness (QED) is 0.823. The maximum absolute atomic E-state index is 3.69. The molecule has 102 valence electrons. The molecule has 19 heavy (non-hydrogen) atoms. The molecule has 1 aromatic heterocycles. The lowest BCUT2D eigenvalue weighted by atomic mass is 9.83. The third-order valence-electron chi connectivity index (χ3n) is 4.90. The lowest BCUT2D eigenvalue weighted by molar-refractivity contribution is 0.268. The molecule has 0 spiro atoms. The summed E-state index contributed by atoms with van der Waals surface area (Å²) in [6.07, 6.45) is 9.11. The second-order valence-corrected chi connectivity index (χ2v) is 6.02. The van der Waals surface area contributed by atoms with Crippen molar-refractivity contribution >= 4 is 10.9 Å². The van der Waals surface area contributed by atoms with Crippen LogP contribution in [0.15, 0.2) is 30.5 Å². The van der Waals surface area contributed by atoms with Gasteiger partial charge in [0.25, 0.3) is 0 Å². The van der Waals surface area contributed by atoms with Gasteiger partial charge in [0.05, 0.1) is 0 Å². The molecule has 0 bridgehead atoms. The number of hydrogen-bond acceptors (Lipinski definition) is 1. The summed E-state index contributed by atoms with van der Waals surface area (Å²) in [5, 5.41) is 5.05. The van der Waals surface area contributed by atoms with Gasteiger partial charge in [-0.25, -0.2) is 0 Å². The van der Waals surface area contributed by atoms with E-state index in [9.17, 15) is 0 Å². The highest BCUT2D eigenvalue weighted by atomic mass is 14.9. The highest BCUT2D eigenvalue weighted by molar-refractivity contribution is 5.82. The average Bonchev–Trinajstić information content (AvgIpc) is 3.07. The van der Waals surface area contributed by atoms with E-state index in [0.717, 1.165) is 6.54 Å². The van der Waals surface area contributed by atoms with Crippen LogP contribution in [-0.2, 0) is 6.54 Å². The van der Waals surface area contributed by atoms with Gasteiger partial charge >= 0.3 is 0 Å².